The van der Waals surface area contributed by atoms with Gasteiger partial charge in [0.25, 0.3) is 11.8 Å². The summed E-state index contributed by atoms with van der Waals surface area (Å²) < 4.78 is 8.09. The number of aromatic amines is 1. The molecular weight excluding hydrogens is 905 g/mol. The fourth-order valence-corrected chi connectivity index (χ4v) is 10.4. The lowest BCUT2D eigenvalue weighted by molar-refractivity contribution is -0.125. The third-order valence-corrected chi connectivity index (χ3v) is 14.6. The lowest BCUT2D eigenvalue weighted by Crippen LogP contribution is -2.52. The van der Waals surface area contributed by atoms with E-state index in [9.17, 15) is 29.4 Å². The lowest BCUT2D eigenvalue weighted by Gasteiger charge is -2.46. The van der Waals surface area contributed by atoms with Crippen LogP contribution in [0.25, 0.3) is 22.2 Å². The molecule has 5 atom stereocenters. The summed E-state index contributed by atoms with van der Waals surface area (Å²) >= 11 is 0. The minimum absolute atomic E-state index is 0.0789. The van der Waals surface area contributed by atoms with Crippen molar-refractivity contribution in [2.45, 2.75) is 147 Å². The smallest absolute Gasteiger partial charge is 0.264 e. The van der Waals surface area contributed by atoms with Gasteiger partial charge in [0.1, 0.15) is 36.5 Å². The summed E-state index contributed by atoms with van der Waals surface area (Å²) in [7, 11) is 0. The number of benzene rings is 2. The van der Waals surface area contributed by atoms with Crippen molar-refractivity contribution in [1.29, 1.82) is 0 Å². The van der Waals surface area contributed by atoms with Crippen LogP contribution in [0, 0.1) is 5.92 Å². The number of carbonyl (C=O) groups is 4. The van der Waals surface area contributed by atoms with Gasteiger partial charge >= 0.3 is 0 Å². The molecular formula is C52H68N12O7. The number of amides is 4. The summed E-state index contributed by atoms with van der Waals surface area (Å²) in [6, 6.07) is 11.2. The molecule has 4 amide bonds. The molecule has 3 aliphatic heterocycles. The number of hydrogen-bond donors (Lipinski definition) is 7. The monoisotopic (exact) mass is 973 g/mol. The quantitative estimate of drug-likeness (QED) is 0.0385. The molecule has 2 saturated heterocycles. The van der Waals surface area contributed by atoms with Gasteiger partial charge in [-0.3, -0.25) is 33.5 Å². The van der Waals surface area contributed by atoms with Crippen molar-refractivity contribution in [3.8, 4) is 0 Å². The Morgan fingerprint density at radius 3 is 2.55 bits per heavy atom. The van der Waals surface area contributed by atoms with Gasteiger partial charge in [0.15, 0.2) is 23.2 Å². The predicted octanol–water partition coefficient (Wildman–Crippen LogP) is 5.33. The summed E-state index contributed by atoms with van der Waals surface area (Å²) in [6.45, 7) is 16.7. The maximum atomic E-state index is 13.4. The Morgan fingerprint density at radius 1 is 0.986 bits per heavy atom. The van der Waals surface area contributed by atoms with Gasteiger partial charge in [-0.1, -0.05) is 39.5 Å². The first-order valence-electron chi connectivity index (χ1n) is 25.2. The number of aryl methyl sites for hydroxylation is 1. The average Bonchev–Trinajstić information content (AvgIpc) is 4.07. The standard InChI is InChI=1S/C52H68N12O7/c1-29(2)62(33-23-31(24-33)15-19-40-60-35-17-16-32(52(4,5)6)25-37(35)61-40)26-39-44(66)45(67)51(71-39)63-28-58-43-46(56-27-57-47(43)63)55-21-8-7-20-54-41(65)13-10-22-53-36-12-9-11-34-42(36)50(70)64(49(34)69)38-18-14-30(3)59-48(38)68/h9,11-12,16-17,25,27-29,31,33,38-39,44-45,51,53,66-67H,3,7-8,10,13-15,18-24,26H2,1-2,4-6H3,(H,54,65)(H,59,68)(H,60,61)(H,55,56,57)/t31?,33?,38?,39-,44?,45+,51-/m1/s1. The van der Waals surface area contributed by atoms with Crippen LogP contribution in [0.3, 0.4) is 0 Å². The highest BCUT2D eigenvalue weighted by Gasteiger charge is 2.47. The lowest BCUT2D eigenvalue weighted by atomic mass is 9.76. The van der Waals surface area contributed by atoms with Gasteiger partial charge in [-0.25, -0.2) is 19.9 Å². The second-order valence-electron chi connectivity index (χ2n) is 20.9. The van der Waals surface area contributed by atoms with E-state index in [1.165, 1.54) is 11.9 Å². The molecule has 2 aromatic carbocycles. The molecule has 7 N–H and O–H groups in total. The summed E-state index contributed by atoms with van der Waals surface area (Å²) in [4.78, 5) is 77.2. The van der Waals surface area contributed by atoms with Crippen molar-refractivity contribution in [1.82, 2.24) is 49.9 Å². The Bertz CT molecular complexity index is 2790. The van der Waals surface area contributed by atoms with E-state index >= 15 is 0 Å². The summed E-state index contributed by atoms with van der Waals surface area (Å²) in [5, 5.41) is 34.8. The molecule has 2 unspecified atom stereocenters. The first-order valence-corrected chi connectivity index (χ1v) is 25.2. The molecule has 19 nitrogen and oxygen atoms in total. The van der Waals surface area contributed by atoms with Crippen LogP contribution in [0.4, 0.5) is 11.5 Å². The fourth-order valence-electron chi connectivity index (χ4n) is 10.4. The highest BCUT2D eigenvalue weighted by molar-refractivity contribution is 6.25. The zero-order valence-electron chi connectivity index (χ0n) is 41.4. The van der Waals surface area contributed by atoms with Crippen LogP contribution < -0.4 is 21.3 Å². The molecule has 9 rings (SSSR count). The van der Waals surface area contributed by atoms with Crippen molar-refractivity contribution in [3.05, 3.63) is 83.8 Å². The Kier molecular flexibility index (Phi) is 14.6. The van der Waals surface area contributed by atoms with Gasteiger partial charge < -0.3 is 41.2 Å². The number of ether oxygens (including phenoxy) is 1. The molecule has 1 saturated carbocycles. The number of aliphatic hydroxyl groups is 2. The van der Waals surface area contributed by atoms with Gasteiger partial charge in [0.2, 0.25) is 11.8 Å². The number of imidazole rings is 2. The molecule has 3 fully saturated rings. The first kappa shape index (κ1) is 49.7. The Labute approximate surface area is 413 Å². The van der Waals surface area contributed by atoms with Crippen LogP contribution in [0.15, 0.2) is 61.3 Å². The van der Waals surface area contributed by atoms with Crippen molar-refractivity contribution >= 4 is 57.3 Å². The Hall–Kier alpha value is -6.28. The zero-order valence-corrected chi connectivity index (χ0v) is 41.4. The molecule has 5 aromatic rings. The molecule has 378 valence electrons. The number of H-pyrrole nitrogens is 1. The second-order valence-corrected chi connectivity index (χ2v) is 20.9. The molecule has 1 aliphatic carbocycles. The molecule has 0 radical (unpaired) electrons. The summed E-state index contributed by atoms with van der Waals surface area (Å²) in [6.07, 6.45) is 6.34. The van der Waals surface area contributed by atoms with Crippen LogP contribution in [-0.4, -0.2) is 136 Å². The van der Waals surface area contributed by atoms with Crippen molar-refractivity contribution in [3.63, 3.8) is 0 Å². The van der Waals surface area contributed by atoms with Crippen LogP contribution in [-0.2, 0) is 26.2 Å². The third-order valence-electron chi connectivity index (χ3n) is 14.6. The van der Waals surface area contributed by atoms with Crippen molar-refractivity contribution in [2.24, 2.45) is 5.92 Å². The highest BCUT2D eigenvalue weighted by Crippen LogP contribution is 2.39. The number of nitrogens with one attached hydrogen (secondary N) is 5. The number of fused-ring (bicyclic) bond motifs is 3. The first-order chi connectivity index (χ1) is 34.0. The van der Waals surface area contributed by atoms with E-state index in [2.05, 4.69) is 105 Å². The second kappa shape index (κ2) is 20.8. The van der Waals surface area contributed by atoms with E-state index in [1.807, 2.05) is 0 Å². The van der Waals surface area contributed by atoms with Crippen LogP contribution >= 0.6 is 0 Å². The van der Waals surface area contributed by atoms with Gasteiger partial charge in [-0.05, 0) is 106 Å². The number of carbonyl (C=O) groups excluding carboxylic acids is 4. The topological polar surface area (TPSA) is 245 Å². The number of piperidine rings is 1. The largest absolute Gasteiger partial charge is 0.387 e. The maximum Gasteiger partial charge on any atom is 0.264 e. The molecule has 0 bridgehead atoms. The van der Waals surface area contributed by atoms with Crippen molar-refractivity contribution in [2.75, 3.05) is 36.8 Å². The normalized spacial score (nSPS) is 23.5. The van der Waals surface area contributed by atoms with Gasteiger partial charge in [0, 0.05) is 62.5 Å². The number of imide groups is 1. The Morgan fingerprint density at radius 2 is 1.77 bits per heavy atom. The van der Waals surface area contributed by atoms with Gasteiger partial charge in [-0.2, -0.15) is 0 Å². The maximum absolute atomic E-state index is 13.4. The minimum Gasteiger partial charge on any atom is -0.387 e. The fraction of sp³-hybridized carbons (Fsp3) is 0.538. The van der Waals surface area contributed by atoms with Gasteiger partial charge in [-0.15, -0.1) is 0 Å². The third kappa shape index (κ3) is 10.5. The number of anilines is 2. The van der Waals surface area contributed by atoms with E-state index in [4.69, 9.17) is 9.72 Å². The average molecular weight is 973 g/mol. The molecule has 4 aliphatic rings. The van der Waals surface area contributed by atoms with Crippen molar-refractivity contribution < 1.29 is 34.1 Å². The summed E-state index contributed by atoms with van der Waals surface area (Å²) in [5.74, 6) is 0.631. The molecule has 3 aromatic heterocycles. The van der Waals surface area contributed by atoms with E-state index in [-0.39, 0.29) is 34.9 Å². The van der Waals surface area contributed by atoms with E-state index < -0.39 is 48.3 Å². The van der Waals surface area contributed by atoms with Crippen LogP contribution in [0.1, 0.15) is 131 Å². The Balaban J connectivity index is 0.689. The number of unbranched alkanes of at least 4 members (excludes halogenated alkanes) is 1. The van der Waals surface area contributed by atoms with Crippen LogP contribution in [0.5, 0.6) is 0 Å². The van der Waals surface area contributed by atoms with E-state index in [0.717, 1.165) is 53.9 Å². The number of aromatic nitrogens is 6. The SMILES string of the molecule is C=C1CCC(N2C(=O)c3cccc(NCCCC(=O)NCCCCNc4ncnc5c4ncn5[C@@H]4O[C@H](CN(C(C)C)C5CC(CCc6nc7ccc(C(C)(C)C)cc7[nH]6)C5)C(O)[C@@H]4O)c3C2=O)C(=O)N1. The zero-order chi connectivity index (χ0) is 50.1. The van der Waals surface area contributed by atoms with Gasteiger partial charge in [0.05, 0.1) is 28.5 Å². The molecule has 6 heterocycles. The molecule has 0 spiro atoms. The highest BCUT2D eigenvalue weighted by atomic mass is 16.6. The number of rotatable bonds is 20. The van der Waals surface area contributed by atoms with E-state index in [0.29, 0.717) is 92.2 Å². The van der Waals surface area contributed by atoms with Crippen LogP contribution in [0.2, 0.25) is 0 Å². The number of hydrogen-bond acceptors (Lipinski definition) is 14. The minimum atomic E-state index is -1.19. The number of aliphatic hydroxyl groups excluding tert-OH is 2. The summed E-state index contributed by atoms with van der Waals surface area (Å²) in [5.41, 5.74) is 6.00. The molecule has 71 heavy (non-hydrogen) atoms. The predicted molar refractivity (Wildman–Crippen MR) is 268 cm³/mol. The molecule has 19 heteroatoms. The number of nitrogens with zero attached hydrogens (tertiary/aromatic N) is 7. The number of allylic oxidation sites excluding steroid dienone is 1. The van der Waals surface area contributed by atoms with E-state index in [1.54, 1.807) is 29.1 Å².